The van der Waals surface area contributed by atoms with Crippen LogP contribution in [0, 0.1) is 11.8 Å². The van der Waals surface area contributed by atoms with Crippen molar-refractivity contribution in [2.75, 3.05) is 0 Å². The molecule has 2 aromatic rings. The van der Waals surface area contributed by atoms with E-state index in [1.165, 1.54) is 64.2 Å². The highest BCUT2D eigenvalue weighted by atomic mass is 16.7. The van der Waals surface area contributed by atoms with E-state index in [-0.39, 0.29) is 0 Å². The zero-order chi connectivity index (χ0) is 25.2. The number of ether oxygens (including phenoxy) is 2. The third-order valence-electron chi connectivity index (χ3n) is 8.47. The number of hydrogen-bond acceptors (Lipinski definition) is 5. The average molecular weight is 493 g/mol. The van der Waals surface area contributed by atoms with E-state index < -0.39 is 6.16 Å². The first-order valence-electron chi connectivity index (χ1n) is 14.5. The van der Waals surface area contributed by atoms with Gasteiger partial charge in [0.1, 0.15) is 0 Å². The highest BCUT2D eigenvalue weighted by molar-refractivity contribution is 5.67. The van der Waals surface area contributed by atoms with Crippen molar-refractivity contribution in [3.05, 3.63) is 47.8 Å². The van der Waals surface area contributed by atoms with E-state index in [1.54, 1.807) is 12.4 Å². The summed E-state index contributed by atoms with van der Waals surface area (Å²) in [5.74, 6) is 3.19. The lowest BCUT2D eigenvalue weighted by Crippen LogP contribution is -2.20. The Kier molecular flexibility index (Phi) is 10.2. The highest BCUT2D eigenvalue weighted by Crippen LogP contribution is 2.42. The Bertz CT molecular complexity index is 871. The van der Waals surface area contributed by atoms with Gasteiger partial charge < -0.3 is 9.47 Å². The molecule has 5 nitrogen and oxygen atoms in total. The van der Waals surface area contributed by atoms with Crippen molar-refractivity contribution in [1.82, 2.24) is 9.97 Å². The minimum absolute atomic E-state index is 0.382. The SMILES string of the molecule is CCCCC1CCC(c2cccnc2OC(=O)Oc2ncccc2C2CCC(CCCC)CC2)CC1. The van der Waals surface area contributed by atoms with Crippen molar-refractivity contribution in [3.63, 3.8) is 0 Å². The van der Waals surface area contributed by atoms with Crippen LogP contribution in [0.4, 0.5) is 4.79 Å². The van der Waals surface area contributed by atoms with Gasteiger partial charge in [0.2, 0.25) is 11.8 Å². The smallest absolute Gasteiger partial charge is 0.375 e. The number of carbonyl (C=O) groups excluding carboxylic acids is 1. The summed E-state index contributed by atoms with van der Waals surface area (Å²) in [4.78, 5) is 21.7. The standard InChI is InChI=1S/C31H44N2O3/c1-3-5-9-23-13-17-25(18-14-23)27-11-7-21-32-29(27)35-31(34)36-30-28(12-8-22-33-30)26-19-15-24(16-20-26)10-6-4-2/h7-8,11-12,21-26H,3-6,9-10,13-20H2,1-2H3. The first-order valence-corrected chi connectivity index (χ1v) is 14.5. The van der Waals surface area contributed by atoms with Gasteiger partial charge in [0.15, 0.2) is 0 Å². The second kappa shape index (κ2) is 13.8. The van der Waals surface area contributed by atoms with Gasteiger partial charge in [-0.2, -0.15) is 0 Å². The predicted octanol–water partition coefficient (Wildman–Crippen LogP) is 8.98. The van der Waals surface area contributed by atoms with Crippen molar-refractivity contribution in [2.24, 2.45) is 11.8 Å². The molecule has 0 saturated heterocycles. The van der Waals surface area contributed by atoms with Crippen LogP contribution < -0.4 is 9.47 Å². The summed E-state index contributed by atoms with van der Waals surface area (Å²) in [6.45, 7) is 4.52. The molecule has 4 rings (SSSR count). The Morgan fingerprint density at radius 1 is 0.722 bits per heavy atom. The second-order valence-corrected chi connectivity index (χ2v) is 11.0. The molecule has 0 amide bonds. The maximum atomic E-state index is 12.9. The van der Waals surface area contributed by atoms with Gasteiger partial charge in [-0.15, -0.1) is 0 Å². The zero-order valence-electron chi connectivity index (χ0n) is 22.3. The van der Waals surface area contributed by atoms with E-state index in [2.05, 4.69) is 35.9 Å². The molecule has 0 unspecified atom stereocenters. The fourth-order valence-corrected chi connectivity index (χ4v) is 6.29. The molecule has 36 heavy (non-hydrogen) atoms. The van der Waals surface area contributed by atoms with E-state index in [0.717, 1.165) is 48.6 Å². The summed E-state index contributed by atoms with van der Waals surface area (Å²) in [7, 11) is 0. The number of pyridine rings is 2. The number of nitrogens with zero attached hydrogens (tertiary/aromatic N) is 2. The van der Waals surface area contributed by atoms with Crippen molar-refractivity contribution >= 4 is 6.16 Å². The van der Waals surface area contributed by atoms with Gasteiger partial charge in [0.05, 0.1) is 0 Å². The van der Waals surface area contributed by atoms with Gasteiger partial charge in [-0.05, 0) is 87.2 Å². The normalized spacial score (nSPS) is 24.3. The van der Waals surface area contributed by atoms with E-state index in [0.29, 0.717) is 23.6 Å². The molecular formula is C31H44N2O3. The monoisotopic (exact) mass is 492 g/mol. The summed E-state index contributed by atoms with van der Waals surface area (Å²) in [5, 5.41) is 0. The van der Waals surface area contributed by atoms with Gasteiger partial charge in [-0.25, -0.2) is 14.8 Å². The average Bonchev–Trinajstić information content (AvgIpc) is 2.92. The molecule has 2 aromatic heterocycles. The fourth-order valence-electron chi connectivity index (χ4n) is 6.29. The van der Waals surface area contributed by atoms with Crippen molar-refractivity contribution in [3.8, 4) is 11.8 Å². The number of aromatic nitrogens is 2. The summed E-state index contributed by atoms with van der Waals surface area (Å²) in [6, 6.07) is 7.97. The quantitative estimate of drug-likeness (QED) is 0.310. The molecule has 0 N–H and O–H groups in total. The van der Waals surface area contributed by atoms with E-state index >= 15 is 0 Å². The molecule has 0 aliphatic heterocycles. The number of hydrogen-bond donors (Lipinski definition) is 0. The van der Waals surface area contributed by atoms with Crippen LogP contribution in [0.5, 0.6) is 11.8 Å². The largest absolute Gasteiger partial charge is 0.522 e. The van der Waals surface area contributed by atoms with E-state index in [4.69, 9.17) is 9.47 Å². The Hall–Kier alpha value is -2.43. The summed E-state index contributed by atoms with van der Waals surface area (Å²) in [5.41, 5.74) is 2.05. The van der Waals surface area contributed by atoms with Gasteiger partial charge >= 0.3 is 6.16 Å². The van der Waals surface area contributed by atoms with Crippen LogP contribution in [-0.2, 0) is 0 Å². The van der Waals surface area contributed by atoms with Crippen molar-refractivity contribution < 1.29 is 14.3 Å². The lowest BCUT2D eigenvalue weighted by atomic mass is 9.77. The number of carbonyl (C=O) groups is 1. The Labute approximate surface area is 217 Å². The minimum Gasteiger partial charge on any atom is -0.375 e. The topological polar surface area (TPSA) is 61.3 Å². The molecule has 196 valence electrons. The predicted molar refractivity (Wildman–Crippen MR) is 144 cm³/mol. The summed E-state index contributed by atoms with van der Waals surface area (Å²) in [6.07, 6.45) is 19.9. The molecule has 0 radical (unpaired) electrons. The molecule has 5 heteroatoms. The first-order chi connectivity index (χ1) is 17.7. The summed E-state index contributed by atoms with van der Waals surface area (Å²) >= 11 is 0. The molecule has 0 aromatic carbocycles. The lowest BCUT2D eigenvalue weighted by molar-refractivity contribution is 0.146. The van der Waals surface area contributed by atoms with Crippen LogP contribution >= 0.6 is 0 Å². The van der Waals surface area contributed by atoms with Crippen LogP contribution in [0.3, 0.4) is 0 Å². The van der Waals surface area contributed by atoms with Crippen molar-refractivity contribution in [1.29, 1.82) is 0 Å². The van der Waals surface area contributed by atoms with Gasteiger partial charge in [0.25, 0.3) is 0 Å². The Morgan fingerprint density at radius 3 is 1.53 bits per heavy atom. The van der Waals surface area contributed by atoms with E-state index in [9.17, 15) is 4.79 Å². The molecule has 2 aliphatic carbocycles. The second-order valence-electron chi connectivity index (χ2n) is 11.0. The molecule has 0 spiro atoms. The lowest BCUT2D eigenvalue weighted by Gasteiger charge is -2.29. The molecular weight excluding hydrogens is 448 g/mol. The zero-order valence-corrected chi connectivity index (χ0v) is 22.3. The molecule has 2 aliphatic rings. The van der Waals surface area contributed by atoms with Gasteiger partial charge in [-0.3, -0.25) is 0 Å². The van der Waals surface area contributed by atoms with Crippen molar-refractivity contribution in [2.45, 2.75) is 116 Å². The third kappa shape index (κ3) is 7.30. The first kappa shape index (κ1) is 26.6. The number of rotatable bonds is 10. The van der Waals surface area contributed by atoms with Gasteiger partial charge in [-0.1, -0.05) is 64.5 Å². The van der Waals surface area contributed by atoms with Crippen LogP contribution in [0.2, 0.25) is 0 Å². The van der Waals surface area contributed by atoms with Crippen LogP contribution in [0.25, 0.3) is 0 Å². The maximum absolute atomic E-state index is 12.9. The third-order valence-corrected chi connectivity index (χ3v) is 8.47. The Balaban J connectivity index is 1.36. The maximum Gasteiger partial charge on any atom is 0.522 e. The molecule has 0 atom stereocenters. The van der Waals surface area contributed by atoms with E-state index in [1.807, 2.05) is 12.1 Å². The van der Waals surface area contributed by atoms with Crippen LogP contribution in [-0.4, -0.2) is 16.1 Å². The summed E-state index contributed by atoms with van der Waals surface area (Å²) < 4.78 is 11.4. The Morgan fingerprint density at radius 2 is 1.14 bits per heavy atom. The van der Waals surface area contributed by atoms with Gasteiger partial charge in [0, 0.05) is 23.5 Å². The fraction of sp³-hybridized carbons (Fsp3) is 0.645. The molecule has 2 heterocycles. The molecule has 2 saturated carbocycles. The highest BCUT2D eigenvalue weighted by Gasteiger charge is 2.28. The molecule has 0 bridgehead atoms. The number of unbranched alkanes of at least 4 members (excludes halogenated alkanes) is 2. The van der Waals surface area contributed by atoms with Crippen LogP contribution in [0.15, 0.2) is 36.7 Å². The molecule has 2 fully saturated rings. The van der Waals surface area contributed by atoms with Crippen LogP contribution in [0.1, 0.15) is 127 Å². The minimum atomic E-state index is -0.747.